The quantitative estimate of drug-likeness (QED) is 0.773. The van der Waals surface area contributed by atoms with Gasteiger partial charge in [-0.3, -0.25) is 0 Å². The molecule has 3 atom stereocenters. The molecule has 3 unspecified atom stereocenters. The van der Waals surface area contributed by atoms with Crippen LogP contribution in [0.5, 0.6) is 0 Å². The fraction of sp³-hybridized carbons (Fsp3) is 0.500. The maximum atomic E-state index is 3.86. The van der Waals surface area contributed by atoms with E-state index < -0.39 is 0 Å². The lowest BCUT2D eigenvalue weighted by atomic mass is 9.79. The van der Waals surface area contributed by atoms with Crippen LogP contribution in [0.2, 0.25) is 0 Å². The second-order valence-electron chi connectivity index (χ2n) is 5.10. The van der Waals surface area contributed by atoms with Gasteiger partial charge in [0, 0.05) is 12.1 Å². The van der Waals surface area contributed by atoms with Gasteiger partial charge in [-0.1, -0.05) is 49.2 Å². The van der Waals surface area contributed by atoms with Crippen LogP contribution in [0.4, 0.5) is 0 Å². The van der Waals surface area contributed by atoms with Gasteiger partial charge >= 0.3 is 0 Å². The molecule has 92 valence electrons. The van der Waals surface area contributed by atoms with Crippen molar-refractivity contribution in [1.82, 2.24) is 5.32 Å². The van der Waals surface area contributed by atoms with Gasteiger partial charge in [-0.25, -0.2) is 0 Å². The Morgan fingerprint density at radius 2 is 1.94 bits per heavy atom. The maximum absolute atomic E-state index is 3.86. The largest absolute Gasteiger partial charge is 0.307 e. The summed E-state index contributed by atoms with van der Waals surface area (Å²) in [4.78, 5) is 0. The molecule has 0 radical (unpaired) electrons. The van der Waals surface area contributed by atoms with Crippen molar-refractivity contribution in [3.05, 3.63) is 48.6 Å². The first kappa shape index (κ1) is 12.4. The number of hydrogen-bond donors (Lipinski definition) is 1. The highest BCUT2D eigenvalue weighted by Crippen LogP contribution is 2.33. The zero-order chi connectivity index (χ0) is 12.1. The highest BCUT2D eigenvalue weighted by Gasteiger charge is 2.26. The van der Waals surface area contributed by atoms with E-state index in [0.717, 1.165) is 0 Å². The summed E-state index contributed by atoms with van der Waals surface area (Å²) in [6.45, 7) is 6.05. The lowest BCUT2D eigenvalue weighted by Crippen LogP contribution is -2.41. The minimum Gasteiger partial charge on any atom is -0.307 e. The minimum absolute atomic E-state index is 0.407. The molecule has 1 aliphatic carbocycles. The molecule has 0 amide bonds. The number of hydrogen-bond acceptors (Lipinski definition) is 1. The first-order valence-electron chi connectivity index (χ1n) is 6.75. The highest BCUT2D eigenvalue weighted by molar-refractivity contribution is 5.22. The van der Waals surface area contributed by atoms with Crippen LogP contribution in [0.25, 0.3) is 0 Å². The van der Waals surface area contributed by atoms with Crippen LogP contribution in [0.1, 0.15) is 44.1 Å². The van der Waals surface area contributed by atoms with E-state index in [1.807, 2.05) is 6.08 Å². The average molecular weight is 229 g/mol. The lowest BCUT2D eigenvalue weighted by Gasteiger charge is -2.34. The van der Waals surface area contributed by atoms with Crippen LogP contribution >= 0.6 is 0 Å². The van der Waals surface area contributed by atoms with Gasteiger partial charge in [-0.2, -0.15) is 0 Å². The molecule has 0 aliphatic heterocycles. The molecule has 1 fully saturated rings. The summed E-state index contributed by atoms with van der Waals surface area (Å²) in [5, 5.41) is 3.70. The van der Waals surface area contributed by atoms with Crippen molar-refractivity contribution in [3.63, 3.8) is 0 Å². The van der Waals surface area contributed by atoms with Crippen molar-refractivity contribution < 1.29 is 0 Å². The Bertz CT molecular complexity index is 344. The average Bonchev–Trinajstić information content (AvgIpc) is 2.40. The summed E-state index contributed by atoms with van der Waals surface area (Å²) in [6.07, 6.45) is 7.31. The summed E-state index contributed by atoms with van der Waals surface area (Å²) in [5.74, 6) is 0.673. The fourth-order valence-corrected chi connectivity index (χ4v) is 2.84. The van der Waals surface area contributed by atoms with E-state index >= 15 is 0 Å². The van der Waals surface area contributed by atoms with Gasteiger partial charge in [0.05, 0.1) is 0 Å². The Kier molecular flexibility index (Phi) is 4.38. The van der Waals surface area contributed by atoms with E-state index in [9.17, 15) is 0 Å². The predicted octanol–water partition coefficient (Wildman–Crippen LogP) is 3.88. The third kappa shape index (κ3) is 3.19. The molecule has 17 heavy (non-hydrogen) atoms. The topological polar surface area (TPSA) is 12.0 Å². The van der Waals surface area contributed by atoms with Crippen molar-refractivity contribution in [3.8, 4) is 0 Å². The molecule has 0 aromatic heterocycles. The van der Waals surface area contributed by atoms with E-state index in [1.54, 1.807) is 0 Å². The first-order valence-corrected chi connectivity index (χ1v) is 6.75. The maximum Gasteiger partial charge on any atom is 0.0221 e. The molecular formula is C16H23N. The molecule has 0 heterocycles. The van der Waals surface area contributed by atoms with E-state index in [2.05, 4.69) is 49.2 Å². The zero-order valence-corrected chi connectivity index (χ0v) is 10.7. The molecular weight excluding hydrogens is 206 g/mol. The molecule has 0 spiro atoms. The molecule has 1 saturated carbocycles. The summed E-state index contributed by atoms with van der Waals surface area (Å²) in [7, 11) is 0. The number of rotatable bonds is 4. The van der Waals surface area contributed by atoms with Crippen LogP contribution in [-0.2, 0) is 0 Å². The SMILES string of the molecule is C=CC(C)NC1CCCCC1c1ccccc1. The molecule has 1 aromatic carbocycles. The summed E-state index contributed by atoms with van der Waals surface area (Å²) < 4.78 is 0. The molecule has 2 rings (SSSR count). The van der Waals surface area contributed by atoms with Crippen molar-refractivity contribution in [2.24, 2.45) is 0 Å². The second kappa shape index (κ2) is 6.02. The van der Waals surface area contributed by atoms with Crippen LogP contribution in [0, 0.1) is 0 Å². The molecule has 1 nitrogen and oxygen atoms in total. The number of nitrogens with one attached hydrogen (secondary N) is 1. The minimum atomic E-state index is 0.407. The summed E-state index contributed by atoms with van der Waals surface area (Å²) in [6, 6.07) is 12.0. The van der Waals surface area contributed by atoms with Crippen molar-refractivity contribution in [2.75, 3.05) is 0 Å². The Morgan fingerprint density at radius 3 is 2.65 bits per heavy atom. The van der Waals surface area contributed by atoms with Crippen LogP contribution in [0.15, 0.2) is 43.0 Å². The highest BCUT2D eigenvalue weighted by atomic mass is 14.9. The first-order chi connectivity index (χ1) is 8.31. The standard InChI is InChI=1S/C16H23N/c1-3-13(2)17-16-12-8-7-11-15(16)14-9-5-4-6-10-14/h3-6,9-10,13,15-17H,1,7-8,11-12H2,2H3. The van der Waals surface area contributed by atoms with Gasteiger partial charge in [-0.05, 0) is 31.2 Å². The van der Waals surface area contributed by atoms with Gasteiger partial charge in [0.15, 0.2) is 0 Å². The Balaban J connectivity index is 2.09. The molecule has 1 aromatic rings. The van der Waals surface area contributed by atoms with Crippen molar-refractivity contribution >= 4 is 0 Å². The molecule has 1 N–H and O–H groups in total. The van der Waals surface area contributed by atoms with E-state index in [4.69, 9.17) is 0 Å². The Labute approximate surface area is 105 Å². The molecule has 0 bridgehead atoms. The molecule has 1 aliphatic rings. The van der Waals surface area contributed by atoms with Crippen LogP contribution in [-0.4, -0.2) is 12.1 Å². The monoisotopic (exact) mass is 229 g/mol. The fourth-order valence-electron chi connectivity index (χ4n) is 2.84. The zero-order valence-electron chi connectivity index (χ0n) is 10.7. The Hall–Kier alpha value is -1.08. The van der Waals surface area contributed by atoms with Crippen molar-refractivity contribution in [1.29, 1.82) is 0 Å². The van der Waals surface area contributed by atoms with Gasteiger partial charge in [0.1, 0.15) is 0 Å². The second-order valence-corrected chi connectivity index (χ2v) is 5.10. The Morgan fingerprint density at radius 1 is 1.24 bits per heavy atom. The number of benzene rings is 1. The third-order valence-corrected chi connectivity index (χ3v) is 3.82. The lowest BCUT2D eigenvalue weighted by molar-refractivity contribution is 0.318. The van der Waals surface area contributed by atoms with Gasteiger partial charge in [0.25, 0.3) is 0 Å². The molecule has 0 saturated heterocycles. The van der Waals surface area contributed by atoms with E-state index in [-0.39, 0.29) is 0 Å². The van der Waals surface area contributed by atoms with Gasteiger partial charge in [0.2, 0.25) is 0 Å². The van der Waals surface area contributed by atoms with Gasteiger partial charge < -0.3 is 5.32 Å². The van der Waals surface area contributed by atoms with E-state index in [0.29, 0.717) is 18.0 Å². The summed E-state index contributed by atoms with van der Waals surface area (Å²) in [5.41, 5.74) is 1.49. The normalized spacial score (nSPS) is 26.4. The van der Waals surface area contributed by atoms with Crippen LogP contribution in [0.3, 0.4) is 0 Å². The smallest absolute Gasteiger partial charge is 0.0221 e. The third-order valence-electron chi connectivity index (χ3n) is 3.82. The van der Waals surface area contributed by atoms with Crippen LogP contribution < -0.4 is 5.32 Å². The van der Waals surface area contributed by atoms with Gasteiger partial charge in [-0.15, -0.1) is 6.58 Å². The predicted molar refractivity (Wildman–Crippen MR) is 74.2 cm³/mol. The van der Waals surface area contributed by atoms with E-state index in [1.165, 1.54) is 31.2 Å². The van der Waals surface area contributed by atoms with Crippen molar-refractivity contribution in [2.45, 2.75) is 50.6 Å². The summed E-state index contributed by atoms with van der Waals surface area (Å²) >= 11 is 0. The molecule has 1 heteroatoms.